The molecule has 0 fully saturated rings. The molecule has 0 N–H and O–H groups in total. The van der Waals surface area contributed by atoms with Crippen LogP contribution in [0.2, 0.25) is 0 Å². The minimum Gasteiger partial charge on any atom is -0.497 e. The zero-order chi connectivity index (χ0) is 13.4. The number of carbonyl (C=O) groups is 1. The highest BCUT2D eigenvalue weighted by atomic mass is 16.5. The van der Waals surface area contributed by atoms with Gasteiger partial charge in [-0.3, -0.25) is 4.79 Å². The van der Waals surface area contributed by atoms with Gasteiger partial charge in [0.25, 0.3) is 0 Å². The molecule has 94 valence electrons. The molecule has 0 heterocycles. The molecule has 0 saturated carbocycles. The van der Waals surface area contributed by atoms with Gasteiger partial charge in [-0.25, -0.2) is 0 Å². The molecule has 1 aliphatic rings. The van der Waals surface area contributed by atoms with Crippen LogP contribution in [0.25, 0.3) is 0 Å². The van der Waals surface area contributed by atoms with Gasteiger partial charge in [0.05, 0.1) is 7.11 Å². The van der Waals surface area contributed by atoms with Gasteiger partial charge >= 0.3 is 0 Å². The highest BCUT2D eigenvalue weighted by molar-refractivity contribution is 6.14. The van der Waals surface area contributed by atoms with Gasteiger partial charge in [0.15, 0.2) is 5.78 Å². The number of carbonyl (C=O) groups excluding carboxylic acids is 1. The third kappa shape index (κ3) is 1.76. The van der Waals surface area contributed by atoms with Crippen LogP contribution in [0.15, 0.2) is 60.7 Å². The molecule has 0 spiro atoms. The van der Waals surface area contributed by atoms with Gasteiger partial charge in [0, 0.05) is 17.1 Å². The van der Waals surface area contributed by atoms with Crippen molar-refractivity contribution in [1.82, 2.24) is 0 Å². The first-order valence-corrected chi connectivity index (χ1v) is 6.18. The highest BCUT2D eigenvalue weighted by Crippen LogP contribution is 2.42. The van der Waals surface area contributed by atoms with E-state index in [-0.39, 0.29) is 11.7 Å². The highest BCUT2D eigenvalue weighted by Gasteiger charge is 2.34. The quantitative estimate of drug-likeness (QED) is 0.761. The number of ketones is 1. The molecule has 0 saturated heterocycles. The van der Waals surface area contributed by atoms with Crippen molar-refractivity contribution in [2.24, 2.45) is 0 Å². The number of ether oxygens (including phenoxy) is 1. The Hall–Kier alpha value is -2.35. The first-order valence-electron chi connectivity index (χ1n) is 6.18. The lowest BCUT2D eigenvalue weighted by Gasteiger charge is -2.12. The van der Waals surface area contributed by atoms with Crippen LogP contribution in [0.3, 0.4) is 0 Å². The predicted molar refractivity (Wildman–Crippen MR) is 74.7 cm³/mol. The smallest absolute Gasteiger partial charge is 0.189 e. The van der Waals surface area contributed by atoms with Crippen molar-refractivity contribution >= 4 is 5.78 Å². The maximum Gasteiger partial charge on any atom is 0.189 e. The zero-order valence-electron chi connectivity index (χ0n) is 10.7. The number of benzene rings is 2. The fourth-order valence-electron chi connectivity index (χ4n) is 2.63. The Balaban J connectivity index is 2.16. The number of methoxy groups -OCH3 is 1. The molecule has 0 radical (unpaired) electrons. The standard InChI is InChI=1S/C17H14O2/c1-11-16(12-6-4-3-5-7-12)14-9-8-13(19-2)10-15(14)17(11)18/h3-10,16H,1H2,2H3/t16-/m0/s1. The maximum atomic E-state index is 12.3. The van der Waals surface area contributed by atoms with Gasteiger partial charge < -0.3 is 4.74 Å². The number of rotatable bonds is 2. The minimum absolute atomic E-state index is 0.0164. The molecule has 3 rings (SSSR count). The SMILES string of the molecule is C=C1C(=O)c2cc(OC)ccc2[C@@H]1c1ccccc1. The second-order valence-corrected chi connectivity index (χ2v) is 4.65. The van der Waals surface area contributed by atoms with E-state index in [1.165, 1.54) is 0 Å². The van der Waals surface area contributed by atoms with Gasteiger partial charge in [0.1, 0.15) is 5.75 Å². The number of hydrogen-bond donors (Lipinski definition) is 0. The topological polar surface area (TPSA) is 26.3 Å². The van der Waals surface area contributed by atoms with Crippen LogP contribution in [-0.2, 0) is 0 Å². The normalized spacial score (nSPS) is 17.4. The van der Waals surface area contributed by atoms with E-state index in [9.17, 15) is 4.79 Å². The van der Waals surface area contributed by atoms with Crippen molar-refractivity contribution in [1.29, 1.82) is 0 Å². The Labute approximate surface area is 112 Å². The van der Waals surface area contributed by atoms with Gasteiger partial charge in [-0.1, -0.05) is 43.0 Å². The summed E-state index contributed by atoms with van der Waals surface area (Å²) in [6.45, 7) is 3.97. The summed E-state index contributed by atoms with van der Waals surface area (Å²) < 4.78 is 5.18. The van der Waals surface area contributed by atoms with Crippen LogP contribution in [0.5, 0.6) is 5.75 Å². The van der Waals surface area contributed by atoms with Gasteiger partial charge in [-0.15, -0.1) is 0 Å². The Kier molecular flexibility index (Phi) is 2.71. The molecular formula is C17H14O2. The minimum atomic E-state index is -0.0328. The molecule has 2 heteroatoms. The summed E-state index contributed by atoms with van der Waals surface area (Å²) in [7, 11) is 1.60. The average Bonchev–Trinajstić information content (AvgIpc) is 2.71. The number of hydrogen-bond acceptors (Lipinski definition) is 2. The van der Waals surface area contributed by atoms with Crippen molar-refractivity contribution in [3.63, 3.8) is 0 Å². The van der Waals surface area contributed by atoms with Gasteiger partial charge in [-0.2, -0.15) is 0 Å². The molecule has 19 heavy (non-hydrogen) atoms. The summed E-state index contributed by atoms with van der Waals surface area (Å²) >= 11 is 0. The second kappa shape index (κ2) is 4.39. The number of fused-ring (bicyclic) bond motifs is 1. The Morgan fingerprint density at radius 2 is 1.84 bits per heavy atom. The third-order valence-corrected chi connectivity index (χ3v) is 3.59. The van der Waals surface area contributed by atoms with Crippen molar-refractivity contribution < 1.29 is 9.53 Å². The van der Waals surface area contributed by atoms with Crippen molar-refractivity contribution in [2.75, 3.05) is 7.11 Å². The lowest BCUT2D eigenvalue weighted by Crippen LogP contribution is -2.00. The van der Waals surface area contributed by atoms with Crippen molar-refractivity contribution in [3.8, 4) is 5.75 Å². The summed E-state index contributed by atoms with van der Waals surface area (Å²) in [5, 5.41) is 0. The Bertz CT molecular complexity index is 656. The van der Waals surface area contributed by atoms with E-state index >= 15 is 0 Å². The summed E-state index contributed by atoms with van der Waals surface area (Å²) in [6.07, 6.45) is 0. The van der Waals surface area contributed by atoms with E-state index in [4.69, 9.17) is 4.74 Å². The average molecular weight is 250 g/mol. The number of Topliss-reactive ketones (excluding diaryl/α,β-unsaturated/α-hetero) is 1. The predicted octanol–water partition coefficient (Wildman–Crippen LogP) is 3.58. The molecule has 0 unspecified atom stereocenters. The molecule has 0 amide bonds. The van der Waals surface area contributed by atoms with Crippen LogP contribution < -0.4 is 4.74 Å². The molecule has 0 aromatic heterocycles. The summed E-state index contributed by atoms with van der Waals surface area (Å²) in [5.41, 5.74) is 3.46. The van der Waals surface area contributed by atoms with E-state index in [2.05, 4.69) is 6.58 Å². The molecule has 0 aliphatic heterocycles. The van der Waals surface area contributed by atoms with E-state index in [1.54, 1.807) is 13.2 Å². The van der Waals surface area contributed by atoms with Crippen LogP contribution in [-0.4, -0.2) is 12.9 Å². The van der Waals surface area contributed by atoms with E-state index in [1.807, 2.05) is 42.5 Å². The molecule has 1 aliphatic carbocycles. The van der Waals surface area contributed by atoms with Gasteiger partial charge in [-0.05, 0) is 23.3 Å². The third-order valence-electron chi connectivity index (χ3n) is 3.59. The van der Waals surface area contributed by atoms with Crippen LogP contribution >= 0.6 is 0 Å². The fourth-order valence-corrected chi connectivity index (χ4v) is 2.63. The Morgan fingerprint density at radius 1 is 1.11 bits per heavy atom. The van der Waals surface area contributed by atoms with Crippen LogP contribution in [0, 0.1) is 0 Å². The summed E-state index contributed by atoms with van der Waals surface area (Å²) in [6, 6.07) is 15.6. The molecule has 2 aromatic rings. The van der Waals surface area contributed by atoms with Crippen molar-refractivity contribution in [3.05, 3.63) is 77.4 Å². The molecular weight excluding hydrogens is 236 g/mol. The first kappa shape index (κ1) is 11.7. The van der Waals surface area contributed by atoms with Crippen molar-refractivity contribution in [2.45, 2.75) is 5.92 Å². The van der Waals surface area contributed by atoms with E-state index in [0.717, 1.165) is 11.1 Å². The second-order valence-electron chi connectivity index (χ2n) is 4.65. The molecule has 2 nitrogen and oxygen atoms in total. The lowest BCUT2D eigenvalue weighted by molar-refractivity contribution is 0.103. The van der Waals surface area contributed by atoms with Gasteiger partial charge in [0.2, 0.25) is 0 Å². The van der Waals surface area contributed by atoms with E-state index in [0.29, 0.717) is 16.9 Å². The zero-order valence-corrected chi connectivity index (χ0v) is 10.7. The largest absolute Gasteiger partial charge is 0.497 e. The van der Waals surface area contributed by atoms with Crippen LogP contribution in [0.1, 0.15) is 27.4 Å². The molecule has 2 aromatic carbocycles. The van der Waals surface area contributed by atoms with Crippen LogP contribution in [0.4, 0.5) is 0 Å². The Morgan fingerprint density at radius 3 is 2.53 bits per heavy atom. The first-order chi connectivity index (χ1) is 9.22. The molecule has 0 bridgehead atoms. The fraction of sp³-hybridized carbons (Fsp3) is 0.118. The lowest BCUT2D eigenvalue weighted by atomic mass is 9.90. The maximum absolute atomic E-state index is 12.3. The number of allylic oxidation sites excluding steroid dienone is 1. The van der Waals surface area contributed by atoms with E-state index < -0.39 is 0 Å². The summed E-state index contributed by atoms with van der Waals surface area (Å²) in [5.74, 6) is 0.686. The summed E-state index contributed by atoms with van der Waals surface area (Å²) in [4.78, 5) is 12.3. The monoisotopic (exact) mass is 250 g/mol. The molecule has 1 atom stereocenters.